The first kappa shape index (κ1) is 18.7. The quantitative estimate of drug-likeness (QED) is 0.805. The Labute approximate surface area is 164 Å². The highest BCUT2D eigenvalue weighted by atomic mass is 15.3. The van der Waals surface area contributed by atoms with Gasteiger partial charge in [-0.15, -0.1) is 0 Å². The third kappa shape index (κ3) is 4.60. The molecule has 2 aromatic rings. The predicted octanol–water partition coefficient (Wildman–Crippen LogP) is 3.47. The van der Waals surface area contributed by atoms with Crippen LogP contribution in [0.2, 0.25) is 0 Å². The zero-order valence-electron chi connectivity index (χ0n) is 16.7. The Morgan fingerprint density at radius 2 is 1.26 bits per heavy atom. The van der Waals surface area contributed by atoms with E-state index in [0.29, 0.717) is 5.41 Å². The summed E-state index contributed by atoms with van der Waals surface area (Å²) in [6, 6.07) is 22.2. The van der Waals surface area contributed by atoms with Crippen LogP contribution in [-0.4, -0.2) is 67.6 Å². The van der Waals surface area contributed by atoms with E-state index in [-0.39, 0.29) is 0 Å². The van der Waals surface area contributed by atoms with Crippen molar-refractivity contribution in [3.8, 4) is 0 Å². The maximum absolute atomic E-state index is 2.72. The molecule has 3 nitrogen and oxygen atoms in total. The molecule has 2 aliphatic rings. The summed E-state index contributed by atoms with van der Waals surface area (Å²) >= 11 is 0. The first-order valence-corrected chi connectivity index (χ1v) is 10.5. The Morgan fingerprint density at radius 3 is 1.89 bits per heavy atom. The van der Waals surface area contributed by atoms with E-state index in [9.17, 15) is 0 Å². The summed E-state index contributed by atoms with van der Waals surface area (Å²) in [6.45, 7) is 9.47. The van der Waals surface area contributed by atoms with Gasteiger partial charge in [0.1, 0.15) is 0 Å². The van der Waals surface area contributed by atoms with Gasteiger partial charge in [0.25, 0.3) is 0 Å². The summed E-state index contributed by atoms with van der Waals surface area (Å²) in [7, 11) is 2.26. The van der Waals surface area contributed by atoms with Crippen molar-refractivity contribution >= 4 is 0 Å². The Bertz CT molecular complexity index is 684. The lowest BCUT2D eigenvalue weighted by molar-refractivity contribution is 0.0808. The monoisotopic (exact) mass is 363 g/mol. The highest BCUT2D eigenvalue weighted by molar-refractivity contribution is 5.27. The van der Waals surface area contributed by atoms with E-state index >= 15 is 0 Å². The predicted molar refractivity (Wildman–Crippen MR) is 113 cm³/mol. The van der Waals surface area contributed by atoms with Crippen LogP contribution in [0.4, 0.5) is 0 Å². The van der Waals surface area contributed by atoms with Crippen molar-refractivity contribution in [1.29, 1.82) is 0 Å². The van der Waals surface area contributed by atoms with Crippen LogP contribution in [0.25, 0.3) is 0 Å². The Kier molecular flexibility index (Phi) is 5.92. The van der Waals surface area contributed by atoms with E-state index in [1.54, 1.807) is 5.56 Å². The molecule has 0 unspecified atom stereocenters. The third-order valence-corrected chi connectivity index (χ3v) is 6.57. The summed E-state index contributed by atoms with van der Waals surface area (Å²) in [5, 5.41) is 0. The first-order valence-electron chi connectivity index (χ1n) is 10.5. The molecular weight excluding hydrogens is 330 g/mol. The molecule has 2 aliphatic heterocycles. The van der Waals surface area contributed by atoms with Crippen molar-refractivity contribution in [2.75, 3.05) is 52.9 Å². The summed E-state index contributed by atoms with van der Waals surface area (Å²) in [5.41, 5.74) is 3.31. The second-order valence-electron chi connectivity index (χ2n) is 8.49. The van der Waals surface area contributed by atoms with Gasteiger partial charge in [0.15, 0.2) is 0 Å². The van der Waals surface area contributed by atoms with Crippen molar-refractivity contribution in [2.45, 2.75) is 24.8 Å². The van der Waals surface area contributed by atoms with Gasteiger partial charge in [-0.1, -0.05) is 60.7 Å². The van der Waals surface area contributed by atoms with Gasteiger partial charge >= 0.3 is 0 Å². The summed E-state index contributed by atoms with van der Waals surface area (Å²) in [4.78, 5) is 7.81. The second kappa shape index (κ2) is 8.55. The lowest BCUT2D eigenvalue weighted by Crippen LogP contribution is -2.53. The Balaban J connectivity index is 1.38. The smallest absolute Gasteiger partial charge is 0.0234 e. The van der Waals surface area contributed by atoms with E-state index in [0.717, 1.165) is 6.54 Å². The molecule has 0 aliphatic carbocycles. The molecule has 2 saturated heterocycles. The van der Waals surface area contributed by atoms with Crippen LogP contribution in [0.1, 0.15) is 24.0 Å². The maximum atomic E-state index is 2.72. The van der Waals surface area contributed by atoms with Gasteiger partial charge in [-0.2, -0.15) is 0 Å². The molecule has 27 heavy (non-hydrogen) atoms. The van der Waals surface area contributed by atoms with Crippen molar-refractivity contribution in [3.05, 3.63) is 71.8 Å². The number of likely N-dealkylation sites (tertiary alicyclic amines) is 1. The van der Waals surface area contributed by atoms with Crippen LogP contribution in [0.15, 0.2) is 60.7 Å². The molecule has 0 N–H and O–H groups in total. The number of piperazine rings is 1. The molecule has 4 rings (SSSR count). The fraction of sp³-hybridized carbons (Fsp3) is 0.500. The molecule has 2 fully saturated rings. The zero-order chi connectivity index (χ0) is 18.5. The van der Waals surface area contributed by atoms with Crippen LogP contribution in [-0.2, 0) is 12.0 Å². The molecule has 0 radical (unpaired) electrons. The summed E-state index contributed by atoms with van der Waals surface area (Å²) in [6.07, 6.45) is 2.55. The van der Waals surface area contributed by atoms with E-state index in [2.05, 4.69) is 82.4 Å². The maximum Gasteiger partial charge on any atom is 0.0234 e. The van der Waals surface area contributed by atoms with Crippen molar-refractivity contribution < 1.29 is 0 Å². The minimum atomic E-state index is 0.329. The number of piperidine rings is 1. The number of rotatable bonds is 5. The number of nitrogens with zero attached hydrogens (tertiary/aromatic N) is 3. The van der Waals surface area contributed by atoms with Crippen molar-refractivity contribution in [1.82, 2.24) is 14.7 Å². The highest BCUT2D eigenvalue weighted by Crippen LogP contribution is 2.36. The largest absolute Gasteiger partial charge is 0.306 e. The highest BCUT2D eigenvalue weighted by Gasteiger charge is 2.37. The van der Waals surface area contributed by atoms with Crippen LogP contribution < -0.4 is 0 Å². The molecule has 0 bridgehead atoms. The van der Waals surface area contributed by atoms with E-state index in [1.807, 2.05) is 0 Å². The fourth-order valence-corrected chi connectivity index (χ4v) is 4.75. The molecule has 0 aromatic heterocycles. The molecular formula is C24H33N3. The minimum absolute atomic E-state index is 0.329. The zero-order valence-corrected chi connectivity index (χ0v) is 16.7. The van der Waals surface area contributed by atoms with Crippen molar-refractivity contribution in [3.63, 3.8) is 0 Å². The molecule has 2 aromatic carbocycles. The molecule has 0 amide bonds. The Hall–Kier alpha value is -1.68. The lowest BCUT2D eigenvalue weighted by atomic mass is 9.72. The van der Waals surface area contributed by atoms with E-state index in [4.69, 9.17) is 0 Å². The molecule has 144 valence electrons. The Morgan fingerprint density at radius 1 is 0.704 bits per heavy atom. The van der Waals surface area contributed by atoms with Gasteiger partial charge < -0.3 is 4.90 Å². The molecule has 0 spiro atoms. The van der Waals surface area contributed by atoms with Crippen LogP contribution >= 0.6 is 0 Å². The summed E-state index contributed by atoms with van der Waals surface area (Å²) in [5.74, 6) is 0. The van der Waals surface area contributed by atoms with Crippen molar-refractivity contribution in [2.24, 2.45) is 0 Å². The van der Waals surface area contributed by atoms with Gasteiger partial charge in [0.2, 0.25) is 0 Å². The number of benzene rings is 2. The molecule has 2 heterocycles. The van der Waals surface area contributed by atoms with Crippen LogP contribution in [0.3, 0.4) is 0 Å². The van der Waals surface area contributed by atoms with Gasteiger partial charge in [-0.05, 0) is 44.1 Å². The molecule has 0 atom stereocenters. The number of hydrogen-bond donors (Lipinski definition) is 0. The van der Waals surface area contributed by atoms with E-state index < -0.39 is 0 Å². The van der Waals surface area contributed by atoms with Crippen LogP contribution in [0, 0.1) is 0 Å². The van der Waals surface area contributed by atoms with Gasteiger partial charge in [0.05, 0.1) is 0 Å². The topological polar surface area (TPSA) is 9.72 Å². The molecule has 0 saturated carbocycles. The van der Waals surface area contributed by atoms with E-state index in [1.165, 1.54) is 64.2 Å². The van der Waals surface area contributed by atoms with Gasteiger partial charge in [-0.3, -0.25) is 9.80 Å². The van der Waals surface area contributed by atoms with Gasteiger partial charge in [-0.25, -0.2) is 0 Å². The number of hydrogen-bond acceptors (Lipinski definition) is 3. The first-order chi connectivity index (χ1) is 13.2. The fourth-order valence-electron chi connectivity index (χ4n) is 4.75. The summed E-state index contributed by atoms with van der Waals surface area (Å²) < 4.78 is 0. The standard InChI is InChI=1S/C24H33N3/c1-25-14-12-24(13-15-25,23-10-6-3-7-11-23)21-27-18-16-26(17-19-27)20-22-8-4-2-5-9-22/h2-11H,12-21H2,1H3. The van der Waals surface area contributed by atoms with Crippen LogP contribution in [0.5, 0.6) is 0 Å². The second-order valence-corrected chi connectivity index (χ2v) is 8.49. The molecule has 3 heteroatoms. The lowest BCUT2D eigenvalue weighted by Gasteiger charge is -2.46. The third-order valence-electron chi connectivity index (χ3n) is 6.57. The SMILES string of the molecule is CN1CCC(CN2CCN(Cc3ccccc3)CC2)(c2ccccc2)CC1. The van der Waals surface area contributed by atoms with Gasteiger partial charge in [0, 0.05) is 44.7 Å². The minimum Gasteiger partial charge on any atom is -0.306 e. The average molecular weight is 364 g/mol. The average Bonchev–Trinajstić information content (AvgIpc) is 2.73. The normalized spacial score (nSPS) is 22.0.